The number of hydrogen-bond acceptors (Lipinski definition) is 4. The van der Waals surface area contributed by atoms with E-state index in [1.54, 1.807) is 22.8 Å². The van der Waals surface area contributed by atoms with E-state index in [1.807, 2.05) is 32.2 Å². The van der Waals surface area contributed by atoms with E-state index in [2.05, 4.69) is 5.32 Å². The van der Waals surface area contributed by atoms with Gasteiger partial charge in [0.25, 0.3) is 5.91 Å². The number of anilines is 1. The van der Waals surface area contributed by atoms with Gasteiger partial charge in [-0.05, 0) is 49.9 Å². The number of nitrogens with one attached hydrogen (secondary N) is 1. The Bertz CT molecular complexity index is 902. The second-order valence-electron chi connectivity index (χ2n) is 5.40. The molecule has 114 valence electrons. The molecular formula is C16H16N2O3S. The molecule has 1 N–H and O–H groups in total. The standard InChI is InChI=1S/C16H16N2O3S/c1-9(2)18-12-5-4-11(8-13(12)21-16(18)20)17-15(19)14-10(3)6-7-22-14/h4-9H,1-3H3,(H,17,19). The highest BCUT2D eigenvalue weighted by molar-refractivity contribution is 7.12. The second kappa shape index (κ2) is 5.46. The van der Waals surface area contributed by atoms with Crippen LogP contribution in [0.5, 0.6) is 0 Å². The summed E-state index contributed by atoms with van der Waals surface area (Å²) in [5.41, 5.74) is 2.75. The summed E-state index contributed by atoms with van der Waals surface area (Å²) in [7, 11) is 0. The summed E-state index contributed by atoms with van der Waals surface area (Å²) in [6.45, 7) is 5.74. The van der Waals surface area contributed by atoms with Crippen LogP contribution in [0.4, 0.5) is 5.69 Å². The van der Waals surface area contributed by atoms with Crippen LogP contribution in [0.15, 0.2) is 38.9 Å². The van der Waals surface area contributed by atoms with Gasteiger partial charge in [0.1, 0.15) is 0 Å². The molecule has 6 heteroatoms. The molecule has 0 atom stereocenters. The molecule has 0 spiro atoms. The van der Waals surface area contributed by atoms with Gasteiger partial charge in [-0.2, -0.15) is 0 Å². The number of thiophene rings is 1. The summed E-state index contributed by atoms with van der Waals surface area (Å²) >= 11 is 1.40. The highest BCUT2D eigenvalue weighted by atomic mass is 32.1. The van der Waals surface area contributed by atoms with E-state index >= 15 is 0 Å². The molecule has 0 saturated heterocycles. The van der Waals surface area contributed by atoms with Gasteiger partial charge < -0.3 is 9.73 Å². The molecule has 0 unspecified atom stereocenters. The monoisotopic (exact) mass is 316 g/mol. The maximum absolute atomic E-state index is 12.2. The Morgan fingerprint density at radius 2 is 2.09 bits per heavy atom. The van der Waals surface area contributed by atoms with Gasteiger partial charge in [0.05, 0.1) is 10.4 Å². The van der Waals surface area contributed by atoms with Crippen LogP contribution in [0, 0.1) is 6.92 Å². The smallest absolute Gasteiger partial charge is 0.408 e. The molecule has 0 radical (unpaired) electrons. The third-order valence-electron chi connectivity index (χ3n) is 3.46. The van der Waals surface area contributed by atoms with Crippen LogP contribution in [-0.2, 0) is 0 Å². The molecule has 0 aliphatic heterocycles. The van der Waals surface area contributed by atoms with Crippen molar-refractivity contribution in [3.8, 4) is 0 Å². The van der Waals surface area contributed by atoms with Crippen molar-refractivity contribution in [3.63, 3.8) is 0 Å². The molecular weight excluding hydrogens is 300 g/mol. The van der Waals surface area contributed by atoms with E-state index in [0.717, 1.165) is 11.1 Å². The fourth-order valence-electron chi connectivity index (χ4n) is 2.40. The molecule has 0 bridgehead atoms. The lowest BCUT2D eigenvalue weighted by atomic mass is 10.2. The molecule has 0 fully saturated rings. The number of aryl methyl sites for hydroxylation is 1. The molecule has 1 aromatic carbocycles. The summed E-state index contributed by atoms with van der Waals surface area (Å²) < 4.78 is 6.84. The quantitative estimate of drug-likeness (QED) is 0.799. The van der Waals surface area contributed by atoms with E-state index in [1.165, 1.54) is 11.3 Å². The lowest BCUT2D eigenvalue weighted by Crippen LogP contribution is -2.15. The predicted octanol–water partition coefficient (Wildman–Crippen LogP) is 3.80. The minimum atomic E-state index is -0.387. The first-order chi connectivity index (χ1) is 10.5. The number of carbonyl (C=O) groups excluding carboxylic acids is 1. The molecule has 3 aromatic rings. The second-order valence-corrected chi connectivity index (χ2v) is 6.32. The predicted molar refractivity (Wildman–Crippen MR) is 87.9 cm³/mol. The fourth-order valence-corrected chi connectivity index (χ4v) is 3.22. The van der Waals surface area contributed by atoms with Crippen molar-refractivity contribution in [2.24, 2.45) is 0 Å². The molecule has 5 nitrogen and oxygen atoms in total. The number of hydrogen-bond donors (Lipinski definition) is 1. The van der Waals surface area contributed by atoms with E-state index < -0.39 is 0 Å². The third-order valence-corrected chi connectivity index (χ3v) is 4.47. The summed E-state index contributed by atoms with van der Waals surface area (Å²) in [6, 6.07) is 7.16. The Balaban J connectivity index is 1.95. The summed E-state index contributed by atoms with van der Waals surface area (Å²) in [5, 5.41) is 4.72. The number of carbonyl (C=O) groups is 1. The van der Waals surface area contributed by atoms with Gasteiger partial charge >= 0.3 is 5.76 Å². The number of amides is 1. The van der Waals surface area contributed by atoms with E-state index in [4.69, 9.17) is 4.42 Å². The van der Waals surface area contributed by atoms with Crippen LogP contribution in [0.1, 0.15) is 35.1 Å². The first-order valence-electron chi connectivity index (χ1n) is 6.98. The maximum Gasteiger partial charge on any atom is 0.420 e. The Kier molecular flexibility index (Phi) is 3.62. The third kappa shape index (κ3) is 2.46. The minimum Gasteiger partial charge on any atom is -0.408 e. The molecule has 22 heavy (non-hydrogen) atoms. The van der Waals surface area contributed by atoms with E-state index in [-0.39, 0.29) is 17.7 Å². The molecule has 0 aliphatic rings. The van der Waals surface area contributed by atoms with Crippen molar-refractivity contribution in [2.75, 3.05) is 5.32 Å². The van der Waals surface area contributed by atoms with Crippen LogP contribution < -0.4 is 11.1 Å². The van der Waals surface area contributed by atoms with Gasteiger partial charge in [0, 0.05) is 17.8 Å². The molecule has 0 saturated carbocycles. The van der Waals surface area contributed by atoms with Gasteiger partial charge in [-0.25, -0.2) is 4.79 Å². The number of aromatic nitrogens is 1. The number of fused-ring (bicyclic) bond motifs is 1. The van der Waals surface area contributed by atoms with Gasteiger partial charge in [-0.15, -0.1) is 11.3 Å². The normalized spacial score (nSPS) is 11.3. The topological polar surface area (TPSA) is 64.2 Å². The van der Waals surface area contributed by atoms with Gasteiger partial charge in [0.15, 0.2) is 5.58 Å². The molecule has 2 heterocycles. The first kappa shape index (κ1) is 14.6. The number of rotatable bonds is 3. The van der Waals surface area contributed by atoms with Crippen LogP contribution in [0.25, 0.3) is 11.1 Å². The fraction of sp³-hybridized carbons (Fsp3) is 0.250. The van der Waals surface area contributed by atoms with Crippen LogP contribution in [-0.4, -0.2) is 10.5 Å². The summed E-state index contributed by atoms with van der Waals surface area (Å²) in [4.78, 5) is 24.8. The Hall–Kier alpha value is -2.34. The van der Waals surface area contributed by atoms with Crippen molar-refractivity contribution in [1.82, 2.24) is 4.57 Å². The maximum atomic E-state index is 12.2. The summed E-state index contributed by atoms with van der Waals surface area (Å²) in [6.07, 6.45) is 0. The van der Waals surface area contributed by atoms with Gasteiger partial charge in [0.2, 0.25) is 0 Å². The zero-order valence-corrected chi connectivity index (χ0v) is 13.4. The van der Waals surface area contributed by atoms with Crippen molar-refractivity contribution < 1.29 is 9.21 Å². The van der Waals surface area contributed by atoms with Crippen molar-refractivity contribution in [2.45, 2.75) is 26.8 Å². The molecule has 2 aromatic heterocycles. The largest absolute Gasteiger partial charge is 0.420 e. The Morgan fingerprint density at radius 3 is 2.73 bits per heavy atom. The highest BCUT2D eigenvalue weighted by Gasteiger charge is 2.14. The number of benzene rings is 1. The van der Waals surface area contributed by atoms with E-state index in [9.17, 15) is 9.59 Å². The zero-order valence-electron chi connectivity index (χ0n) is 12.5. The highest BCUT2D eigenvalue weighted by Crippen LogP contribution is 2.22. The van der Waals surface area contributed by atoms with Crippen LogP contribution in [0.2, 0.25) is 0 Å². The lowest BCUT2D eigenvalue weighted by molar-refractivity contribution is 0.103. The first-order valence-corrected chi connectivity index (χ1v) is 7.86. The van der Waals surface area contributed by atoms with Gasteiger partial charge in [-0.1, -0.05) is 0 Å². The molecule has 3 rings (SSSR count). The van der Waals surface area contributed by atoms with E-state index in [0.29, 0.717) is 16.1 Å². The van der Waals surface area contributed by atoms with Crippen molar-refractivity contribution in [3.05, 3.63) is 50.6 Å². The zero-order chi connectivity index (χ0) is 15.9. The average molecular weight is 316 g/mol. The van der Waals surface area contributed by atoms with Crippen molar-refractivity contribution in [1.29, 1.82) is 0 Å². The Morgan fingerprint density at radius 1 is 1.32 bits per heavy atom. The number of oxazole rings is 1. The number of nitrogens with zero attached hydrogens (tertiary/aromatic N) is 1. The minimum absolute atomic E-state index is 0.0166. The van der Waals surface area contributed by atoms with Crippen LogP contribution in [0.3, 0.4) is 0 Å². The Labute approximate surface area is 131 Å². The van der Waals surface area contributed by atoms with Crippen molar-refractivity contribution >= 4 is 34.0 Å². The average Bonchev–Trinajstić information content (AvgIpc) is 3.00. The van der Waals surface area contributed by atoms with Crippen LogP contribution >= 0.6 is 11.3 Å². The van der Waals surface area contributed by atoms with Gasteiger partial charge in [-0.3, -0.25) is 9.36 Å². The summed E-state index contributed by atoms with van der Waals surface area (Å²) in [5.74, 6) is -0.542. The lowest BCUT2D eigenvalue weighted by Gasteiger charge is -2.07. The SMILES string of the molecule is Cc1ccsc1C(=O)Nc1ccc2c(c1)oc(=O)n2C(C)C. The molecule has 1 amide bonds. The molecule has 0 aliphatic carbocycles.